The lowest BCUT2D eigenvalue weighted by Gasteiger charge is -2.06. The van der Waals surface area contributed by atoms with Crippen LogP contribution in [0, 0.1) is 0 Å². The number of nitrogens with one attached hydrogen (secondary N) is 1. The minimum atomic E-state index is -0.0381. The van der Waals surface area contributed by atoms with Gasteiger partial charge in [-0.05, 0) is 24.3 Å². The fourth-order valence-electron chi connectivity index (χ4n) is 0.937. The van der Waals surface area contributed by atoms with Crippen molar-refractivity contribution in [3.63, 3.8) is 0 Å². The van der Waals surface area contributed by atoms with Crippen LogP contribution < -0.4 is 5.32 Å². The van der Waals surface area contributed by atoms with Gasteiger partial charge >= 0.3 is 0 Å². The quantitative estimate of drug-likeness (QED) is 0.852. The molecule has 1 unspecified atom stereocenters. The highest BCUT2D eigenvalue weighted by molar-refractivity contribution is 9.10. The first-order valence-corrected chi connectivity index (χ1v) is 5.98. The summed E-state index contributed by atoms with van der Waals surface area (Å²) < 4.78 is 0.975. The Bertz CT molecular complexity index is 308. The Morgan fingerprint density at radius 3 is 2.50 bits per heavy atom. The summed E-state index contributed by atoms with van der Waals surface area (Å²) in [6.07, 6.45) is 0. The van der Waals surface area contributed by atoms with Gasteiger partial charge in [-0.15, -0.1) is 0 Å². The maximum absolute atomic E-state index is 11.5. The fourth-order valence-corrected chi connectivity index (χ4v) is 1.36. The molecule has 1 atom stereocenters. The van der Waals surface area contributed by atoms with Crippen molar-refractivity contribution in [1.82, 2.24) is 5.32 Å². The van der Waals surface area contributed by atoms with E-state index in [1.54, 1.807) is 12.1 Å². The van der Waals surface area contributed by atoms with E-state index in [-0.39, 0.29) is 5.91 Å². The van der Waals surface area contributed by atoms with Crippen LogP contribution in [0.5, 0.6) is 0 Å². The second-order valence-electron chi connectivity index (χ2n) is 3.00. The van der Waals surface area contributed by atoms with Crippen molar-refractivity contribution in [3.05, 3.63) is 34.3 Å². The highest BCUT2D eigenvalue weighted by atomic mass is 79.9. The topological polar surface area (TPSA) is 29.1 Å². The Morgan fingerprint density at radius 1 is 1.43 bits per heavy atom. The lowest BCUT2D eigenvalue weighted by Crippen LogP contribution is -2.28. The molecule has 2 nitrogen and oxygen atoms in total. The number of hydrogen-bond donors (Lipinski definition) is 1. The first kappa shape index (κ1) is 11.7. The van der Waals surface area contributed by atoms with Crippen LogP contribution in [-0.4, -0.2) is 17.3 Å². The molecule has 0 heterocycles. The van der Waals surface area contributed by atoms with Crippen molar-refractivity contribution in [1.29, 1.82) is 0 Å². The number of amides is 1. The van der Waals surface area contributed by atoms with Gasteiger partial charge in [-0.25, -0.2) is 0 Å². The highest BCUT2D eigenvalue weighted by Gasteiger charge is 2.05. The summed E-state index contributed by atoms with van der Waals surface area (Å²) in [5, 5.41) is 2.82. The summed E-state index contributed by atoms with van der Waals surface area (Å²) in [6, 6.07) is 7.29. The molecule has 4 heteroatoms. The lowest BCUT2D eigenvalue weighted by molar-refractivity contribution is 0.0954. The Kier molecular flexibility index (Phi) is 4.62. The van der Waals surface area contributed by atoms with E-state index in [9.17, 15) is 4.79 Å². The molecule has 0 bridgehead atoms. The largest absolute Gasteiger partial charge is 0.351 e. The van der Waals surface area contributed by atoms with Crippen LogP contribution in [0.15, 0.2) is 28.7 Å². The van der Waals surface area contributed by atoms with Crippen LogP contribution in [0.3, 0.4) is 0 Å². The predicted octanol–water partition coefficient (Wildman–Crippen LogP) is 2.96. The maximum atomic E-state index is 11.5. The molecule has 1 amide bonds. The van der Waals surface area contributed by atoms with Crippen LogP contribution in [0.1, 0.15) is 17.3 Å². The van der Waals surface area contributed by atoms with E-state index in [0.717, 1.165) is 4.47 Å². The molecule has 14 heavy (non-hydrogen) atoms. The van der Waals surface area contributed by atoms with Gasteiger partial charge < -0.3 is 5.32 Å². The van der Waals surface area contributed by atoms with Crippen molar-refractivity contribution in [2.75, 3.05) is 6.54 Å². The average Bonchev–Trinajstić information content (AvgIpc) is 2.15. The summed E-state index contributed by atoms with van der Waals surface area (Å²) in [5.41, 5.74) is 0.682. The summed E-state index contributed by atoms with van der Waals surface area (Å²) in [5.74, 6) is -0.0381. The number of halogens is 2. The van der Waals surface area contributed by atoms with Gasteiger partial charge in [-0.2, -0.15) is 0 Å². The van der Waals surface area contributed by atoms with Crippen molar-refractivity contribution >= 4 is 37.8 Å². The molecule has 0 aliphatic carbocycles. The molecule has 0 saturated heterocycles. The normalized spacial score (nSPS) is 12.2. The molecular formula is C10H11Br2NO. The zero-order valence-corrected chi connectivity index (χ0v) is 10.9. The van der Waals surface area contributed by atoms with Crippen LogP contribution in [0.25, 0.3) is 0 Å². The average molecular weight is 321 g/mol. The van der Waals surface area contributed by atoms with Crippen LogP contribution >= 0.6 is 31.9 Å². The maximum Gasteiger partial charge on any atom is 0.251 e. The fraction of sp³-hybridized carbons (Fsp3) is 0.300. The van der Waals surface area contributed by atoms with Gasteiger partial charge in [0.2, 0.25) is 0 Å². The number of hydrogen-bond acceptors (Lipinski definition) is 1. The molecule has 1 rings (SSSR count). The van der Waals surface area contributed by atoms with E-state index in [1.165, 1.54) is 0 Å². The van der Waals surface area contributed by atoms with Crippen LogP contribution in [0.2, 0.25) is 0 Å². The summed E-state index contributed by atoms with van der Waals surface area (Å²) >= 11 is 6.68. The van der Waals surface area contributed by atoms with Crippen LogP contribution in [0.4, 0.5) is 0 Å². The van der Waals surface area contributed by atoms with Crippen molar-refractivity contribution < 1.29 is 4.79 Å². The first-order chi connectivity index (χ1) is 6.59. The van der Waals surface area contributed by atoms with Gasteiger partial charge in [0, 0.05) is 21.4 Å². The molecule has 1 aromatic rings. The summed E-state index contributed by atoms with van der Waals surface area (Å²) in [6.45, 7) is 2.62. The molecule has 0 fully saturated rings. The van der Waals surface area contributed by atoms with Crippen molar-refractivity contribution in [2.24, 2.45) is 0 Å². The predicted molar refractivity (Wildman–Crippen MR) is 64.9 cm³/mol. The Labute approximate surface area is 100 Å². The zero-order chi connectivity index (χ0) is 10.6. The third kappa shape index (κ3) is 3.80. The number of benzene rings is 1. The van der Waals surface area contributed by atoms with Gasteiger partial charge in [0.1, 0.15) is 0 Å². The van der Waals surface area contributed by atoms with Gasteiger partial charge in [-0.1, -0.05) is 38.8 Å². The molecule has 1 aromatic carbocycles. The monoisotopic (exact) mass is 319 g/mol. The molecule has 1 N–H and O–H groups in total. The van der Waals surface area contributed by atoms with Gasteiger partial charge in [0.15, 0.2) is 0 Å². The second-order valence-corrected chi connectivity index (χ2v) is 5.48. The third-order valence-corrected chi connectivity index (χ3v) is 2.50. The van der Waals surface area contributed by atoms with E-state index in [2.05, 4.69) is 37.2 Å². The van der Waals surface area contributed by atoms with E-state index < -0.39 is 0 Å². The third-order valence-electron chi connectivity index (χ3n) is 1.65. The second kappa shape index (κ2) is 5.51. The van der Waals surface area contributed by atoms with Gasteiger partial charge in [0.25, 0.3) is 5.91 Å². The Balaban J connectivity index is 2.57. The smallest absolute Gasteiger partial charge is 0.251 e. The number of rotatable bonds is 3. The Hall–Kier alpha value is -0.350. The molecule has 76 valence electrons. The number of alkyl halides is 1. The Morgan fingerprint density at radius 2 is 2.00 bits per heavy atom. The van der Waals surface area contributed by atoms with E-state index in [4.69, 9.17) is 0 Å². The number of carbonyl (C=O) groups excluding carboxylic acids is 1. The molecule has 0 saturated carbocycles. The SMILES string of the molecule is CC(Br)CNC(=O)c1ccc(Br)cc1. The summed E-state index contributed by atoms with van der Waals surface area (Å²) in [4.78, 5) is 11.8. The van der Waals surface area contributed by atoms with E-state index in [0.29, 0.717) is 16.9 Å². The minimum Gasteiger partial charge on any atom is -0.351 e. The standard InChI is InChI=1S/C10H11Br2NO/c1-7(11)6-13-10(14)8-2-4-9(12)5-3-8/h2-5,7H,6H2,1H3,(H,13,14). The first-order valence-electron chi connectivity index (χ1n) is 4.27. The minimum absolute atomic E-state index is 0.0381. The van der Waals surface area contributed by atoms with Crippen molar-refractivity contribution in [2.45, 2.75) is 11.8 Å². The molecule has 0 aliphatic rings. The molecular weight excluding hydrogens is 310 g/mol. The molecule has 0 spiro atoms. The molecule has 0 radical (unpaired) electrons. The lowest BCUT2D eigenvalue weighted by atomic mass is 10.2. The highest BCUT2D eigenvalue weighted by Crippen LogP contribution is 2.10. The van der Waals surface area contributed by atoms with Crippen LogP contribution in [-0.2, 0) is 0 Å². The van der Waals surface area contributed by atoms with E-state index in [1.807, 2.05) is 19.1 Å². The molecule has 0 aliphatic heterocycles. The zero-order valence-electron chi connectivity index (χ0n) is 7.76. The number of carbonyl (C=O) groups is 1. The van der Waals surface area contributed by atoms with Gasteiger partial charge in [-0.3, -0.25) is 4.79 Å². The van der Waals surface area contributed by atoms with E-state index >= 15 is 0 Å². The van der Waals surface area contributed by atoms with Gasteiger partial charge in [0.05, 0.1) is 0 Å². The molecule has 0 aromatic heterocycles. The van der Waals surface area contributed by atoms with Crippen molar-refractivity contribution in [3.8, 4) is 0 Å². The summed E-state index contributed by atoms with van der Waals surface area (Å²) in [7, 11) is 0.